The highest BCUT2D eigenvalue weighted by Crippen LogP contribution is 2.22. The Bertz CT molecular complexity index is 831. The molecule has 2 aromatic rings. The summed E-state index contributed by atoms with van der Waals surface area (Å²) in [4.78, 5) is 11.1. The third-order valence-corrected chi connectivity index (χ3v) is 5.52. The summed E-state index contributed by atoms with van der Waals surface area (Å²) in [6.07, 6.45) is 5.80. The lowest BCUT2D eigenvalue weighted by Crippen LogP contribution is -2.20. The molecule has 0 bridgehead atoms. The number of anilines is 2. The monoisotopic (exact) mass is 426 g/mol. The second-order valence-corrected chi connectivity index (χ2v) is 7.99. The van der Waals surface area contributed by atoms with Crippen molar-refractivity contribution in [3.63, 3.8) is 0 Å². The van der Waals surface area contributed by atoms with E-state index in [2.05, 4.69) is 51.4 Å². The highest BCUT2D eigenvalue weighted by atomic mass is 16.5. The van der Waals surface area contributed by atoms with Gasteiger partial charge in [0.2, 0.25) is 0 Å². The molecule has 0 radical (unpaired) electrons. The zero-order chi connectivity index (χ0) is 22.1. The zero-order valence-electron chi connectivity index (χ0n) is 18.3. The highest BCUT2D eigenvalue weighted by molar-refractivity contribution is 5.90. The molecule has 0 aliphatic carbocycles. The number of ether oxygens (including phenoxy) is 1. The van der Waals surface area contributed by atoms with Crippen molar-refractivity contribution in [3.8, 4) is 6.01 Å². The first-order valence-electron chi connectivity index (χ1n) is 11.1. The number of nitrogens with zero attached hydrogens (tertiary/aromatic N) is 3. The van der Waals surface area contributed by atoms with Crippen LogP contribution in [0.1, 0.15) is 55.7 Å². The van der Waals surface area contributed by atoms with Crippen LogP contribution >= 0.6 is 0 Å². The molecule has 1 aromatic heterocycles. The summed E-state index contributed by atoms with van der Waals surface area (Å²) in [6.45, 7) is 6.03. The fraction of sp³-hybridized carbons (Fsp3) is 0.522. The Hall–Kier alpha value is -2.71. The Morgan fingerprint density at radius 2 is 1.90 bits per heavy atom. The van der Waals surface area contributed by atoms with Crippen LogP contribution in [0.3, 0.4) is 0 Å². The van der Waals surface area contributed by atoms with Gasteiger partial charge in [0, 0.05) is 32.3 Å². The fourth-order valence-corrected chi connectivity index (χ4v) is 3.82. The number of nitrogens with one attached hydrogen (secondary N) is 2. The first-order chi connectivity index (χ1) is 15.1. The molecule has 8 nitrogen and oxygen atoms in total. The molecule has 1 saturated heterocycles. The standard InChI is InChI=1S/C23H34N6O2/c1-2-5-19(10-13-30)31-23-27-21(25)20(14-24)22(28-23)26-15-17-6-8-18(9-7-17)16-29-11-3-4-12-29/h6-9,14,19,24,30H,2-5,10-13,15-16H2,1H3,(H3,25,26,27,28). The number of nitrogen functional groups attached to an aromatic ring is 1. The predicted molar refractivity (Wildman–Crippen MR) is 124 cm³/mol. The summed E-state index contributed by atoms with van der Waals surface area (Å²) in [5.74, 6) is 0.667. The predicted octanol–water partition coefficient (Wildman–Crippen LogP) is 3.19. The van der Waals surface area contributed by atoms with E-state index in [0.717, 1.165) is 31.2 Å². The molecule has 1 unspecified atom stereocenters. The Morgan fingerprint density at radius 1 is 1.19 bits per heavy atom. The highest BCUT2D eigenvalue weighted by Gasteiger charge is 2.16. The Balaban J connectivity index is 1.66. The topological polar surface area (TPSA) is 120 Å². The molecule has 5 N–H and O–H groups in total. The third-order valence-electron chi connectivity index (χ3n) is 5.52. The smallest absolute Gasteiger partial charge is 0.320 e. The molecule has 1 atom stereocenters. The summed E-state index contributed by atoms with van der Waals surface area (Å²) < 4.78 is 5.87. The number of hydrogen-bond acceptors (Lipinski definition) is 8. The van der Waals surface area contributed by atoms with Crippen molar-refractivity contribution < 1.29 is 9.84 Å². The zero-order valence-corrected chi connectivity index (χ0v) is 18.3. The number of benzene rings is 1. The molecule has 0 saturated carbocycles. The van der Waals surface area contributed by atoms with Crippen LogP contribution in [0.25, 0.3) is 0 Å². The second-order valence-electron chi connectivity index (χ2n) is 7.99. The number of likely N-dealkylation sites (tertiary alicyclic amines) is 1. The summed E-state index contributed by atoms with van der Waals surface area (Å²) in [6, 6.07) is 8.73. The van der Waals surface area contributed by atoms with Crippen LogP contribution in [0, 0.1) is 5.41 Å². The number of rotatable bonds is 12. The normalized spacial score (nSPS) is 15.0. The van der Waals surface area contributed by atoms with Gasteiger partial charge in [-0.15, -0.1) is 0 Å². The van der Waals surface area contributed by atoms with Crippen LogP contribution in [-0.2, 0) is 13.1 Å². The maximum atomic E-state index is 9.25. The molecule has 0 amide bonds. The van der Waals surface area contributed by atoms with Crippen molar-refractivity contribution in [2.75, 3.05) is 30.7 Å². The van der Waals surface area contributed by atoms with Crippen molar-refractivity contribution in [2.45, 2.75) is 58.2 Å². The van der Waals surface area contributed by atoms with Gasteiger partial charge in [-0.05, 0) is 43.5 Å². The van der Waals surface area contributed by atoms with E-state index in [4.69, 9.17) is 15.9 Å². The number of aliphatic hydroxyl groups excluding tert-OH is 1. The number of aliphatic hydroxyl groups is 1. The van der Waals surface area contributed by atoms with Crippen LogP contribution in [0.5, 0.6) is 6.01 Å². The molecule has 1 aliphatic heterocycles. The molecule has 1 fully saturated rings. The molecule has 3 rings (SSSR count). The van der Waals surface area contributed by atoms with Gasteiger partial charge in [-0.2, -0.15) is 9.97 Å². The van der Waals surface area contributed by atoms with E-state index in [9.17, 15) is 5.11 Å². The van der Waals surface area contributed by atoms with Gasteiger partial charge in [0.1, 0.15) is 17.7 Å². The molecule has 2 heterocycles. The molecule has 31 heavy (non-hydrogen) atoms. The minimum absolute atomic E-state index is 0.0393. The third kappa shape index (κ3) is 6.63. The minimum atomic E-state index is -0.170. The molecule has 8 heteroatoms. The fourth-order valence-electron chi connectivity index (χ4n) is 3.82. The summed E-state index contributed by atoms with van der Waals surface area (Å²) >= 11 is 0. The van der Waals surface area contributed by atoms with Gasteiger partial charge in [0.25, 0.3) is 0 Å². The molecule has 168 valence electrons. The summed E-state index contributed by atoms with van der Waals surface area (Å²) in [5, 5.41) is 20.2. The van der Waals surface area contributed by atoms with Gasteiger partial charge in [-0.3, -0.25) is 4.90 Å². The van der Waals surface area contributed by atoms with Gasteiger partial charge >= 0.3 is 6.01 Å². The van der Waals surface area contributed by atoms with E-state index < -0.39 is 0 Å². The lowest BCUT2D eigenvalue weighted by Gasteiger charge is -2.18. The quantitative estimate of drug-likeness (QED) is 0.385. The van der Waals surface area contributed by atoms with E-state index >= 15 is 0 Å². The largest absolute Gasteiger partial charge is 0.460 e. The molecule has 0 spiro atoms. The SMILES string of the molecule is CCCC(CCO)Oc1nc(N)c(C=N)c(NCc2ccc(CN3CCCC3)cc2)n1. The van der Waals surface area contributed by atoms with Gasteiger partial charge < -0.3 is 26.3 Å². The number of hydrogen-bond donors (Lipinski definition) is 4. The van der Waals surface area contributed by atoms with Gasteiger partial charge in [-0.25, -0.2) is 0 Å². The molecular formula is C23H34N6O2. The molecular weight excluding hydrogens is 392 g/mol. The van der Waals surface area contributed by atoms with Crippen molar-refractivity contribution in [3.05, 3.63) is 41.0 Å². The van der Waals surface area contributed by atoms with Crippen LogP contribution < -0.4 is 15.8 Å². The van der Waals surface area contributed by atoms with E-state index in [1.54, 1.807) is 0 Å². The van der Waals surface area contributed by atoms with Gasteiger partial charge in [0.05, 0.1) is 5.56 Å². The van der Waals surface area contributed by atoms with Crippen LogP contribution in [-0.4, -0.2) is 52.0 Å². The van der Waals surface area contributed by atoms with Gasteiger partial charge in [0.15, 0.2) is 0 Å². The van der Waals surface area contributed by atoms with Crippen molar-refractivity contribution in [2.24, 2.45) is 0 Å². The van der Waals surface area contributed by atoms with E-state index in [1.165, 1.54) is 31.5 Å². The van der Waals surface area contributed by atoms with E-state index in [0.29, 0.717) is 24.3 Å². The number of aromatic nitrogens is 2. The minimum Gasteiger partial charge on any atom is -0.460 e. The van der Waals surface area contributed by atoms with Crippen molar-refractivity contribution in [1.29, 1.82) is 5.41 Å². The Kier molecular flexibility index (Phi) is 8.61. The maximum absolute atomic E-state index is 9.25. The average molecular weight is 427 g/mol. The van der Waals surface area contributed by atoms with Crippen LogP contribution in [0.2, 0.25) is 0 Å². The average Bonchev–Trinajstić information content (AvgIpc) is 3.26. The maximum Gasteiger partial charge on any atom is 0.320 e. The van der Waals surface area contributed by atoms with Crippen LogP contribution in [0.4, 0.5) is 11.6 Å². The lowest BCUT2D eigenvalue weighted by atomic mass is 10.1. The summed E-state index contributed by atoms with van der Waals surface area (Å²) in [5.41, 5.74) is 8.92. The van der Waals surface area contributed by atoms with Crippen molar-refractivity contribution in [1.82, 2.24) is 14.9 Å². The lowest BCUT2D eigenvalue weighted by molar-refractivity contribution is 0.135. The van der Waals surface area contributed by atoms with E-state index in [-0.39, 0.29) is 24.5 Å². The Labute approximate surface area is 184 Å². The Morgan fingerprint density at radius 3 is 2.55 bits per heavy atom. The summed E-state index contributed by atoms with van der Waals surface area (Å²) in [7, 11) is 0. The molecule has 1 aliphatic rings. The molecule has 1 aromatic carbocycles. The van der Waals surface area contributed by atoms with Gasteiger partial charge in [-0.1, -0.05) is 37.6 Å². The first kappa shape index (κ1) is 23.0. The number of nitrogens with two attached hydrogens (primary N) is 1. The first-order valence-corrected chi connectivity index (χ1v) is 11.1. The van der Waals surface area contributed by atoms with Crippen molar-refractivity contribution >= 4 is 17.9 Å². The second kappa shape index (κ2) is 11.6. The van der Waals surface area contributed by atoms with Crippen LogP contribution in [0.15, 0.2) is 24.3 Å². The van der Waals surface area contributed by atoms with E-state index in [1.807, 2.05) is 0 Å².